The van der Waals surface area contributed by atoms with Crippen LogP contribution < -0.4 is 0 Å². The monoisotopic (exact) mass is 642 g/mol. The molecular formula is C44H26N4O2. The highest BCUT2D eigenvalue weighted by Gasteiger charge is 2.21. The highest BCUT2D eigenvalue weighted by Crippen LogP contribution is 2.40. The molecule has 0 saturated heterocycles. The van der Waals surface area contributed by atoms with Gasteiger partial charge in [0.05, 0.1) is 0 Å². The fourth-order valence-corrected chi connectivity index (χ4v) is 6.80. The molecule has 10 rings (SSSR count). The quantitative estimate of drug-likeness (QED) is 0.186. The lowest BCUT2D eigenvalue weighted by molar-refractivity contribution is 0.623. The van der Waals surface area contributed by atoms with Crippen LogP contribution >= 0.6 is 0 Å². The minimum absolute atomic E-state index is 0.542. The van der Waals surface area contributed by atoms with E-state index in [1.807, 2.05) is 109 Å². The van der Waals surface area contributed by atoms with Crippen LogP contribution in [0.3, 0.4) is 0 Å². The van der Waals surface area contributed by atoms with E-state index >= 15 is 0 Å². The number of hydrogen-bond donors (Lipinski definition) is 0. The number of nitrogens with zero attached hydrogens (tertiary/aromatic N) is 4. The summed E-state index contributed by atoms with van der Waals surface area (Å²) in [6.45, 7) is 0. The van der Waals surface area contributed by atoms with E-state index in [2.05, 4.69) is 48.5 Å². The Balaban J connectivity index is 1.21. The zero-order chi connectivity index (χ0) is 33.0. The predicted molar refractivity (Wildman–Crippen MR) is 199 cm³/mol. The van der Waals surface area contributed by atoms with Crippen LogP contribution in [-0.2, 0) is 0 Å². The van der Waals surface area contributed by atoms with E-state index in [-0.39, 0.29) is 0 Å². The molecule has 50 heavy (non-hydrogen) atoms. The molecule has 0 N–H and O–H groups in total. The number of fused-ring (bicyclic) bond motifs is 6. The van der Waals surface area contributed by atoms with Gasteiger partial charge < -0.3 is 8.83 Å². The third-order valence-corrected chi connectivity index (χ3v) is 9.17. The van der Waals surface area contributed by atoms with Crippen LogP contribution in [0.25, 0.3) is 101 Å². The summed E-state index contributed by atoms with van der Waals surface area (Å²) >= 11 is 0. The molecule has 0 bridgehead atoms. The van der Waals surface area contributed by atoms with Gasteiger partial charge in [0.25, 0.3) is 0 Å². The fraction of sp³-hybridized carbons (Fsp3) is 0. The molecule has 6 nitrogen and oxygen atoms in total. The van der Waals surface area contributed by atoms with Crippen LogP contribution in [0.4, 0.5) is 0 Å². The van der Waals surface area contributed by atoms with E-state index < -0.39 is 0 Å². The number of oxazole rings is 1. The molecule has 0 aliphatic heterocycles. The van der Waals surface area contributed by atoms with E-state index in [9.17, 15) is 0 Å². The lowest BCUT2D eigenvalue weighted by Crippen LogP contribution is -2.01. The molecule has 0 saturated carbocycles. The molecule has 0 atom stereocenters. The lowest BCUT2D eigenvalue weighted by Gasteiger charge is -2.11. The van der Waals surface area contributed by atoms with Crippen molar-refractivity contribution >= 4 is 43.8 Å². The normalized spacial score (nSPS) is 11.6. The first-order valence-electron chi connectivity index (χ1n) is 16.5. The van der Waals surface area contributed by atoms with Crippen molar-refractivity contribution in [1.29, 1.82) is 0 Å². The van der Waals surface area contributed by atoms with Gasteiger partial charge in [0.1, 0.15) is 16.7 Å². The highest BCUT2D eigenvalue weighted by atomic mass is 16.3. The van der Waals surface area contributed by atoms with Crippen LogP contribution in [0.5, 0.6) is 0 Å². The van der Waals surface area contributed by atoms with Gasteiger partial charge in [-0.25, -0.2) is 19.9 Å². The third kappa shape index (κ3) is 4.65. The summed E-state index contributed by atoms with van der Waals surface area (Å²) in [7, 11) is 0. The summed E-state index contributed by atoms with van der Waals surface area (Å²) in [4.78, 5) is 20.2. The molecule has 0 unspecified atom stereocenters. The molecule has 234 valence electrons. The Labute approximate surface area is 286 Å². The summed E-state index contributed by atoms with van der Waals surface area (Å²) in [6.07, 6.45) is 0. The van der Waals surface area contributed by atoms with Gasteiger partial charge in [-0.2, -0.15) is 0 Å². The Morgan fingerprint density at radius 2 is 1.02 bits per heavy atom. The first-order chi connectivity index (χ1) is 24.8. The Bertz CT molecular complexity index is 2860. The maximum atomic E-state index is 6.50. The van der Waals surface area contributed by atoms with E-state index in [0.717, 1.165) is 71.6 Å². The topological polar surface area (TPSA) is 77.8 Å². The van der Waals surface area contributed by atoms with E-state index in [4.69, 9.17) is 28.8 Å². The first kappa shape index (κ1) is 28.1. The van der Waals surface area contributed by atoms with Gasteiger partial charge in [0.15, 0.2) is 23.1 Å². The number of benzene rings is 7. The number of aromatic nitrogens is 4. The SMILES string of the molecule is c1ccc(-c2ccc3c(c2)oc2cccc(-c4nc(-c5ccccc5)nc(-c5cccc6ccc7nc(-c8ccccc8)oc7c56)n4)c23)cc1. The zero-order valence-corrected chi connectivity index (χ0v) is 26.6. The number of hydrogen-bond acceptors (Lipinski definition) is 6. The maximum absolute atomic E-state index is 6.50. The van der Waals surface area contributed by atoms with Crippen LogP contribution in [0.2, 0.25) is 0 Å². The van der Waals surface area contributed by atoms with Crippen LogP contribution in [0.1, 0.15) is 0 Å². The molecule has 0 fully saturated rings. The minimum Gasteiger partial charge on any atom is -0.456 e. The third-order valence-electron chi connectivity index (χ3n) is 9.17. The van der Waals surface area contributed by atoms with Crippen molar-refractivity contribution < 1.29 is 8.83 Å². The summed E-state index contributed by atoms with van der Waals surface area (Å²) < 4.78 is 13.0. The van der Waals surface area contributed by atoms with Gasteiger partial charge in [0.2, 0.25) is 5.89 Å². The molecular weight excluding hydrogens is 617 g/mol. The fourth-order valence-electron chi connectivity index (χ4n) is 6.80. The van der Waals surface area contributed by atoms with Crippen molar-refractivity contribution in [2.75, 3.05) is 0 Å². The minimum atomic E-state index is 0.542. The maximum Gasteiger partial charge on any atom is 0.227 e. The highest BCUT2D eigenvalue weighted by molar-refractivity contribution is 6.13. The Morgan fingerprint density at radius 1 is 0.380 bits per heavy atom. The summed E-state index contributed by atoms with van der Waals surface area (Å²) in [5.41, 5.74) is 8.78. The van der Waals surface area contributed by atoms with Crippen molar-refractivity contribution in [1.82, 2.24) is 19.9 Å². The van der Waals surface area contributed by atoms with Crippen LogP contribution in [0, 0.1) is 0 Å². The first-order valence-corrected chi connectivity index (χ1v) is 16.5. The smallest absolute Gasteiger partial charge is 0.227 e. The van der Waals surface area contributed by atoms with Gasteiger partial charge in [-0.1, -0.05) is 121 Å². The zero-order valence-electron chi connectivity index (χ0n) is 26.6. The van der Waals surface area contributed by atoms with Crippen molar-refractivity contribution in [3.05, 3.63) is 158 Å². The van der Waals surface area contributed by atoms with Crippen molar-refractivity contribution in [2.24, 2.45) is 0 Å². The number of rotatable bonds is 5. The largest absolute Gasteiger partial charge is 0.456 e. The molecule has 10 aromatic rings. The molecule has 3 heterocycles. The van der Waals surface area contributed by atoms with Gasteiger partial charge in [-0.05, 0) is 52.9 Å². The summed E-state index contributed by atoms with van der Waals surface area (Å²) in [6, 6.07) is 52.9. The van der Waals surface area contributed by atoms with E-state index in [1.165, 1.54) is 0 Å². The Morgan fingerprint density at radius 3 is 1.76 bits per heavy atom. The molecule has 3 aromatic heterocycles. The van der Waals surface area contributed by atoms with E-state index in [1.54, 1.807) is 0 Å². The van der Waals surface area contributed by atoms with Crippen molar-refractivity contribution in [3.8, 4) is 56.7 Å². The van der Waals surface area contributed by atoms with Gasteiger partial charge >= 0.3 is 0 Å². The standard InChI is InChI=1S/C44H26N4O2/c1-4-12-27(13-5-1)31-22-24-32-37(26-31)49-36-21-11-20-34(39(32)36)43-47-41(29-14-6-2-7-15-29)46-42(48-43)33-19-10-18-28-23-25-35-40(38(28)33)50-44(45-35)30-16-8-3-9-17-30/h1-26H. The molecule has 0 aliphatic rings. The van der Waals surface area contributed by atoms with Gasteiger partial charge in [-0.15, -0.1) is 0 Å². The lowest BCUT2D eigenvalue weighted by atomic mass is 10.0. The average molecular weight is 643 g/mol. The molecule has 0 amide bonds. The average Bonchev–Trinajstić information content (AvgIpc) is 3.80. The molecule has 0 aliphatic carbocycles. The van der Waals surface area contributed by atoms with Crippen molar-refractivity contribution in [2.45, 2.75) is 0 Å². The predicted octanol–water partition coefficient (Wildman–Crippen LogP) is 11.4. The van der Waals surface area contributed by atoms with Gasteiger partial charge in [0, 0.05) is 38.4 Å². The second-order valence-electron chi connectivity index (χ2n) is 12.2. The summed E-state index contributed by atoms with van der Waals surface area (Å²) in [5.74, 6) is 2.24. The number of furan rings is 1. The summed E-state index contributed by atoms with van der Waals surface area (Å²) in [5, 5.41) is 3.86. The molecule has 6 heteroatoms. The molecule has 0 spiro atoms. The Kier molecular flexibility index (Phi) is 6.39. The van der Waals surface area contributed by atoms with Crippen LogP contribution in [-0.4, -0.2) is 19.9 Å². The van der Waals surface area contributed by atoms with Gasteiger partial charge in [-0.3, -0.25) is 0 Å². The van der Waals surface area contributed by atoms with E-state index in [0.29, 0.717) is 28.9 Å². The molecule has 0 radical (unpaired) electrons. The van der Waals surface area contributed by atoms with Crippen LogP contribution in [0.15, 0.2) is 167 Å². The van der Waals surface area contributed by atoms with Crippen molar-refractivity contribution in [3.63, 3.8) is 0 Å². The second kappa shape index (κ2) is 11.4. The Hall–Kier alpha value is -6.92. The molecule has 7 aromatic carbocycles. The second-order valence-corrected chi connectivity index (χ2v) is 12.2.